The topological polar surface area (TPSA) is 90.1 Å². The van der Waals surface area contributed by atoms with E-state index in [1.54, 1.807) is 17.1 Å². The first kappa shape index (κ1) is 16.4. The standard InChI is InChI=1S/C18H16N4O3/c1-13-5-7-14(8-6-13)11-21-12-16(10-19-21)20-18(23)15-3-2-4-17(9-15)22(24)25/h2-10,12H,11H2,1H3,(H,20,23). The highest BCUT2D eigenvalue weighted by molar-refractivity contribution is 6.04. The zero-order chi connectivity index (χ0) is 17.8. The number of rotatable bonds is 5. The van der Waals surface area contributed by atoms with Crippen molar-refractivity contribution in [3.63, 3.8) is 0 Å². The number of aromatic nitrogens is 2. The predicted molar refractivity (Wildman–Crippen MR) is 93.6 cm³/mol. The van der Waals surface area contributed by atoms with Crippen molar-refractivity contribution in [2.45, 2.75) is 13.5 Å². The summed E-state index contributed by atoms with van der Waals surface area (Å²) >= 11 is 0. The van der Waals surface area contributed by atoms with Crippen molar-refractivity contribution in [3.8, 4) is 0 Å². The van der Waals surface area contributed by atoms with E-state index in [2.05, 4.69) is 10.4 Å². The minimum atomic E-state index is -0.531. The van der Waals surface area contributed by atoms with Crippen molar-refractivity contribution < 1.29 is 9.72 Å². The molecule has 1 aromatic heterocycles. The normalized spacial score (nSPS) is 10.4. The van der Waals surface area contributed by atoms with Gasteiger partial charge in [0.05, 0.1) is 23.4 Å². The van der Waals surface area contributed by atoms with Gasteiger partial charge in [-0.2, -0.15) is 5.10 Å². The summed E-state index contributed by atoms with van der Waals surface area (Å²) in [4.78, 5) is 22.5. The molecule has 0 fully saturated rings. The van der Waals surface area contributed by atoms with E-state index < -0.39 is 10.8 Å². The molecule has 2 aromatic carbocycles. The van der Waals surface area contributed by atoms with Gasteiger partial charge in [-0.15, -0.1) is 0 Å². The number of anilines is 1. The lowest BCUT2D eigenvalue weighted by Crippen LogP contribution is -2.11. The van der Waals surface area contributed by atoms with Crippen molar-refractivity contribution in [1.82, 2.24) is 9.78 Å². The summed E-state index contributed by atoms with van der Waals surface area (Å²) in [6, 6.07) is 13.7. The van der Waals surface area contributed by atoms with E-state index >= 15 is 0 Å². The van der Waals surface area contributed by atoms with Crippen LogP contribution in [0, 0.1) is 17.0 Å². The number of hydrogen-bond acceptors (Lipinski definition) is 4. The second kappa shape index (κ2) is 6.96. The molecule has 0 bridgehead atoms. The van der Waals surface area contributed by atoms with Crippen molar-refractivity contribution in [2.75, 3.05) is 5.32 Å². The summed E-state index contributed by atoms with van der Waals surface area (Å²) < 4.78 is 1.72. The number of hydrogen-bond donors (Lipinski definition) is 1. The van der Waals surface area contributed by atoms with Crippen molar-refractivity contribution in [3.05, 3.63) is 87.7 Å². The van der Waals surface area contributed by atoms with Gasteiger partial charge in [0.1, 0.15) is 0 Å². The second-order valence-corrected chi connectivity index (χ2v) is 5.67. The molecule has 3 aromatic rings. The van der Waals surface area contributed by atoms with Gasteiger partial charge in [-0.25, -0.2) is 0 Å². The highest BCUT2D eigenvalue weighted by Crippen LogP contribution is 2.15. The summed E-state index contributed by atoms with van der Waals surface area (Å²) in [7, 11) is 0. The minimum Gasteiger partial charge on any atom is -0.319 e. The highest BCUT2D eigenvalue weighted by Gasteiger charge is 2.12. The molecule has 1 amide bonds. The third-order valence-corrected chi connectivity index (χ3v) is 3.68. The number of carbonyl (C=O) groups is 1. The molecule has 0 aliphatic carbocycles. The van der Waals surface area contributed by atoms with Gasteiger partial charge in [-0.05, 0) is 18.6 Å². The predicted octanol–water partition coefficient (Wildman–Crippen LogP) is 3.40. The Balaban J connectivity index is 1.68. The summed E-state index contributed by atoms with van der Waals surface area (Å²) in [6.45, 7) is 2.62. The SMILES string of the molecule is Cc1ccc(Cn2cc(NC(=O)c3cccc([N+](=O)[O-])c3)cn2)cc1. The Morgan fingerprint density at radius 3 is 2.72 bits per heavy atom. The Morgan fingerprint density at radius 2 is 2.00 bits per heavy atom. The van der Waals surface area contributed by atoms with Crippen LogP contribution in [-0.4, -0.2) is 20.6 Å². The average molecular weight is 336 g/mol. The van der Waals surface area contributed by atoms with Crippen LogP contribution in [0.3, 0.4) is 0 Å². The fourth-order valence-corrected chi connectivity index (χ4v) is 2.36. The lowest BCUT2D eigenvalue weighted by Gasteiger charge is -2.03. The molecule has 0 spiro atoms. The van der Waals surface area contributed by atoms with E-state index in [0.717, 1.165) is 5.56 Å². The molecule has 0 radical (unpaired) electrons. The molecule has 0 saturated carbocycles. The number of nitrogens with zero attached hydrogens (tertiary/aromatic N) is 3. The molecule has 0 aliphatic heterocycles. The summed E-state index contributed by atoms with van der Waals surface area (Å²) in [6.07, 6.45) is 3.26. The summed E-state index contributed by atoms with van der Waals surface area (Å²) in [5.41, 5.74) is 2.92. The van der Waals surface area contributed by atoms with Crippen LogP contribution in [0.5, 0.6) is 0 Å². The lowest BCUT2D eigenvalue weighted by molar-refractivity contribution is -0.384. The van der Waals surface area contributed by atoms with Gasteiger partial charge < -0.3 is 5.32 Å². The van der Waals surface area contributed by atoms with Crippen molar-refractivity contribution in [1.29, 1.82) is 0 Å². The molecular formula is C18H16N4O3. The van der Waals surface area contributed by atoms with E-state index in [4.69, 9.17) is 0 Å². The molecule has 7 heteroatoms. The number of nitro groups is 1. The van der Waals surface area contributed by atoms with Gasteiger partial charge in [0.25, 0.3) is 11.6 Å². The Labute approximate surface area is 144 Å². The van der Waals surface area contributed by atoms with Gasteiger partial charge in [-0.3, -0.25) is 19.6 Å². The van der Waals surface area contributed by atoms with Crippen LogP contribution in [0.15, 0.2) is 60.9 Å². The maximum absolute atomic E-state index is 12.2. The van der Waals surface area contributed by atoms with Crippen LogP contribution in [-0.2, 0) is 6.54 Å². The minimum absolute atomic E-state index is 0.122. The van der Waals surface area contributed by atoms with Gasteiger partial charge in [-0.1, -0.05) is 35.9 Å². The molecule has 1 heterocycles. The third kappa shape index (κ3) is 4.08. The number of benzene rings is 2. The molecule has 3 rings (SSSR count). The molecule has 0 saturated heterocycles. The van der Waals surface area contributed by atoms with E-state index in [1.807, 2.05) is 31.2 Å². The Hall–Kier alpha value is -3.48. The van der Waals surface area contributed by atoms with Gasteiger partial charge in [0, 0.05) is 23.9 Å². The van der Waals surface area contributed by atoms with E-state index in [9.17, 15) is 14.9 Å². The Bertz CT molecular complexity index is 916. The van der Waals surface area contributed by atoms with Crippen LogP contribution in [0.2, 0.25) is 0 Å². The summed E-state index contributed by atoms with van der Waals surface area (Å²) in [5.74, 6) is -0.418. The van der Waals surface area contributed by atoms with Gasteiger partial charge in [0.2, 0.25) is 0 Å². The van der Waals surface area contributed by atoms with Gasteiger partial charge >= 0.3 is 0 Å². The number of carbonyl (C=O) groups excluding carboxylic acids is 1. The monoisotopic (exact) mass is 336 g/mol. The first-order valence-corrected chi connectivity index (χ1v) is 7.65. The molecular weight excluding hydrogens is 320 g/mol. The summed E-state index contributed by atoms with van der Waals surface area (Å²) in [5, 5.41) is 17.7. The van der Waals surface area contributed by atoms with Crippen LogP contribution in [0.4, 0.5) is 11.4 Å². The zero-order valence-electron chi connectivity index (χ0n) is 13.5. The van der Waals surface area contributed by atoms with Gasteiger partial charge in [0.15, 0.2) is 0 Å². The number of non-ortho nitro benzene ring substituents is 1. The smallest absolute Gasteiger partial charge is 0.270 e. The molecule has 25 heavy (non-hydrogen) atoms. The first-order chi connectivity index (χ1) is 12.0. The molecule has 126 valence electrons. The van der Waals surface area contributed by atoms with E-state index in [1.165, 1.54) is 29.8 Å². The largest absolute Gasteiger partial charge is 0.319 e. The highest BCUT2D eigenvalue weighted by atomic mass is 16.6. The van der Waals surface area contributed by atoms with Crippen LogP contribution in [0.1, 0.15) is 21.5 Å². The van der Waals surface area contributed by atoms with Crippen molar-refractivity contribution >= 4 is 17.3 Å². The number of nitrogens with one attached hydrogen (secondary N) is 1. The third-order valence-electron chi connectivity index (χ3n) is 3.68. The molecule has 1 N–H and O–H groups in total. The Kier molecular flexibility index (Phi) is 4.56. The second-order valence-electron chi connectivity index (χ2n) is 5.67. The quantitative estimate of drug-likeness (QED) is 0.571. The fraction of sp³-hybridized carbons (Fsp3) is 0.111. The first-order valence-electron chi connectivity index (χ1n) is 7.65. The number of nitro benzene ring substituents is 1. The van der Waals surface area contributed by atoms with Crippen LogP contribution >= 0.6 is 0 Å². The molecule has 0 unspecified atom stereocenters. The fourth-order valence-electron chi connectivity index (χ4n) is 2.36. The number of aryl methyl sites for hydroxylation is 1. The number of amides is 1. The van der Waals surface area contributed by atoms with Crippen LogP contribution < -0.4 is 5.32 Å². The van der Waals surface area contributed by atoms with E-state index in [0.29, 0.717) is 12.2 Å². The maximum atomic E-state index is 12.2. The molecule has 0 aliphatic rings. The molecule has 7 nitrogen and oxygen atoms in total. The maximum Gasteiger partial charge on any atom is 0.270 e. The Morgan fingerprint density at radius 1 is 1.24 bits per heavy atom. The van der Waals surface area contributed by atoms with Crippen LogP contribution in [0.25, 0.3) is 0 Å². The lowest BCUT2D eigenvalue weighted by atomic mass is 10.1. The average Bonchev–Trinajstić information content (AvgIpc) is 3.04. The zero-order valence-corrected chi connectivity index (χ0v) is 13.5. The van der Waals surface area contributed by atoms with E-state index in [-0.39, 0.29) is 11.3 Å². The van der Waals surface area contributed by atoms with Crippen molar-refractivity contribution in [2.24, 2.45) is 0 Å². The molecule has 0 atom stereocenters.